The molecule has 2 aromatic rings. The number of nitrogens with zero attached hydrogens (tertiary/aromatic N) is 1. The Kier molecular flexibility index (Phi) is 2.07. The van der Waals surface area contributed by atoms with Gasteiger partial charge in [-0.05, 0) is 29.8 Å². The van der Waals surface area contributed by atoms with Crippen molar-refractivity contribution >= 4 is 21.6 Å². The van der Waals surface area contributed by atoms with E-state index < -0.39 is 0 Å². The smallest absolute Gasteiger partial charge is 0.259 e. The van der Waals surface area contributed by atoms with Crippen LogP contribution in [0.4, 0.5) is 0 Å². The lowest BCUT2D eigenvalue weighted by Gasteiger charge is -2.05. The van der Waals surface area contributed by atoms with Crippen LogP contribution in [0.25, 0.3) is 10.2 Å². The van der Waals surface area contributed by atoms with Crippen LogP contribution in [0.2, 0.25) is 0 Å². The molecule has 1 fully saturated rings. The highest BCUT2D eigenvalue weighted by molar-refractivity contribution is 7.16. The summed E-state index contributed by atoms with van der Waals surface area (Å²) in [6, 6.07) is 0. The van der Waals surface area contributed by atoms with Crippen molar-refractivity contribution in [2.45, 2.75) is 12.3 Å². The lowest BCUT2D eigenvalue weighted by Crippen LogP contribution is -2.11. The maximum Gasteiger partial charge on any atom is 0.259 e. The molecule has 0 aliphatic carbocycles. The average molecular weight is 221 g/mol. The van der Waals surface area contributed by atoms with E-state index in [0.29, 0.717) is 5.92 Å². The SMILES string of the molecule is O=c1[nH]cnc2scc(C3CCNC3)c12. The molecular formula is C10H11N3OS. The molecule has 0 spiro atoms. The summed E-state index contributed by atoms with van der Waals surface area (Å²) in [7, 11) is 0. The molecule has 0 amide bonds. The van der Waals surface area contributed by atoms with Crippen LogP contribution in [0.5, 0.6) is 0 Å². The van der Waals surface area contributed by atoms with Crippen molar-refractivity contribution in [1.29, 1.82) is 0 Å². The Hall–Kier alpha value is -1.20. The quantitative estimate of drug-likeness (QED) is 0.757. The van der Waals surface area contributed by atoms with Gasteiger partial charge in [0.05, 0.1) is 11.7 Å². The third-order valence-electron chi connectivity index (χ3n) is 2.90. The number of fused-ring (bicyclic) bond motifs is 1. The monoisotopic (exact) mass is 221 g/mol. The van der Waals surface area contributed by atoms with Gasteiger partial charge in [0.15, 0.2) is 0 Å². The van der Waals surface area contributed by atoms with Gasteiger partial charge < -0.3 is 10.3 Å². The van der Waals surface area contributed by atoms with E-state index in [4.69, 9.17) is 0 Å². The largest absolute Gasteiger partial charge is 0.316 e. The summed E-state index contributed by atoms with van der Waals surface area (Å²) < 4.78 is 0. The van der Waals surface area contributed by atoms with Gasteiger partial charge in [0.25, 0.3) is 5.56 Å². The Balaban J connectivity index is 2.22. The van der Waals surface area contributed by atoms with E-state index in [9.17, 15) is 4.79 Å². The third kappa shape index (κ3) is 1.39. The van der Waals surface area contributed by atoms with Crippen molar-refractivity contribution in [3.63, 3.8) is 0 Å². The molecule has 1 atom stereocenters. The molecule has 0 radical (unpaired) electrons. The Morgan fingerprint density at radius 2 is 2.47 bits per heavy atom. The first-order valence-electron chi connectivity index (χ1n) is 5.02. The van der Waals surface area contributed by atoms with E-state index in [1.54, 1.807) is 11.3 Å². The normalized spacial score (nSPS) is 21.2. The summed E-state index contributed by atoms with van der Waals surface area (Å²) in [5, 5.41) is 6.18. The number of rotatable bonds is 1. The van der Waals surface area contributed by atoms with Gasteiger partial charge in [0, 0.05) is 6.54 Å². The van der Waals surface area contributed by atoms with E-state index in [2.05, 4.69) is 20.7 Å². The highest BCUT2D eigenvalue weighted by atomic mass is 32.1. The first-order valence-corrected chi connectivity index (χ1v) is 5.90. The summed E-state index contributed by atoms with van der Waals surface area (Å²) in [5.74, 6) is 0.476. The van der Waals surface area contributed by atoms with Crippen molar-refractivity contribution in [1.82, 2.24) is 15.3 Å². The molecule has 78 valence electrons. The molecule has 0 bridgehead atoms. The minimum Gasteiger partial charge on any atom is -0.316 e. The predicted octanol–water partition coefficient (Wildman–Crippen LogP) is 1.06. The maximum absolute atomic E-state index is 11.7. The van der Waals surface area contributed by atoms with E-state index >= 15 is 0 Å². The van der Waals surface area contributed by atoms with Gasteiger partial charge in [0.2, 0.25) is 0 Å². The topological polar surface area (TPSA) is 57.8 Å². The molecule has 1 saturated heterocycles. The van der Waals surface area contributed by atoms with E-state index in [0.717, 1.165) is 35.3 Å². The zero-order chi connectivity index (χ0) is 10.3. The molecule has 15 heavy (non-hydrogen) atoms. The highest BCUT2D eigenvalue weighted by Gasteiger charge is 2.21. The number of aromatic nitrogens is 2. The number of thiophene rings is 1. The molecule has 0 saturated carbocycles. The molecule has 3 rings (SSSR count). The van der Waals surface area contributed by atoms with Gasteiger partial charge in [-0.25, -0.2) is 4.98 Å². The van der Waals surface area contributed by atoms with E-state index in [1.807, 2.05) is 0 Å². The first kappa shape index (κ1) is 9.06. The van der Waals surface area contributed by atoms with Crippen molar-refractivity contribution in [2.24, 2.45) is 0 Å². The highest BCUT2D eigenvalue weighted by Crippen LogP contribution is 2.30. The van der Waals surface area contributed by atoms with Crippen LogP contribution in [0.15, 0.2) is 16.5 Å². The summed E-state index contributed by atoms with van der Waals surface area (Å²) in [6.45, 7) is 2.01. The Morgan fingerprint density at radius 1 is 1.53 bits per heavy atom. The van der Waals surface area contributed by atoms with Crippen LogP contribution < -0.4 is 10.9 Å². The van der Waals surface area contributed by atoms with Crippen LogP contribution in [-0.4, -0.2) is 23.1 Å². The second-order valence-corrected chi connectivity index (χ2v) is 4.65. The standard InChI is InChI=1S/C10H11N3OS/c14-9-8-7(6-1-2-11-3-6)4-15-10(8)13-5-12-9/h4-6,11H,1-3H2,(H,12,13,14). The van der Waals surface area contributed by atoms with Gasteiger partial charge in [-0.15, -0.1) is 11.3 Å². The fourth-order valence-electron chi connectivity index (χ4n) is 2.13. The number of nitrogens with one attached hydrogen (secondary N) is 2. The fraction of sp³-hybridized carbons (Fsp3) is 0.400. The second-order valence-electron chi connectivity index (χ2n) is 3.79. The van der Waals surface area contributed by atoms with Crippen LogP contribution in [0.3, 0.4) is 0 Å². The summed E-state index contributed by atoms with van der Waals surface area (Å²) in [5.41, 5.74) is 1.15. The van der Waals surface area contributed by atoms with Gasteiger partial charge in [-0.2, -0.15) is 0 Å². The zero-order valence-electron chi connectivity index (χ0n) is 8.12. The van der Waals surface area contributed by atoms with Gasteiger partial charge in [0.1, 0.15) is 4.83 Å². The Bertz CT molecular complexity index is 539. The first-order chi connectivity index (χ1) is 7.36. The van der Waals surface area contributed by atoms with Crippen LogP contribution in [0.1, 0.15) is 17.9 Å². The number of hydrogen-bond acceptors (Lipinski definition) is 4. The molecule has 2 aromatic heterocycles. The van der Waals surface area contributed by atoms with Crippen molar-refractivity contribution in [3.05, 3.63) is 27.6 Å². The minimum absolute atomic E-state index is 0.0110. The molecular weight excluding hydrogens is 210 g/mol. The molecule has 1 unspecified atom stereocenters. The second kappa shape index (κ2) is 3.43. The molecule has 1 aliphatic rings. The summed E-state index contributed by atoms with van der Waals surface area (Å²) in [6.07, 6.45) is 2.58. The Labute approximate surface area is 90.4 Å². The zero-order valence-corrected chi connectivity index (χ0v) is 8.93. The average Bonchev–Trinajstić information content (AvgIpc) is 2.85. The Morgan fingerprint density at radius 3 is 3.27 bits per heavy atom. The number of hydrogen-bond donors (Lipinski definition) is 2. The van der Waals surface area contributed by atoms with Crippen LogP contribution >= 0.6 is 11.3 Å². The lowest BCUT2D eigenvalue weighted by atomic mass is 9.99. The molecule has 1 aliphatic heterocycles. The summed E-state index contributed by atoms with van der Waals surface area (Å²) >= 11 is 1.56. The minimum atomic E-state index is -0.0110. The van der Waals surface area contributed by atoms with E-state index in [1.165, 1.54) is 6.33 Å². The third-order valence-corrected chi connectivity index (χ3v) is 3.81. The maximum atomic E-state index is 11.7. The molecule has 0 aromatic carbocycles. The fourth-order valence-corrected chi connectivity index (χ4v) is 3.12. The van der Waals surface area contributed by atoms with Crippen molar-refractivity contribution in [3.8, 4) is 0 Å². The van der Waals surface area contributed by atoms with Crippen LogP contribution in [0, 0.1) is 0 Å². The summed E-state index contributed by atoms with van der Waals surface area (Å²) in [4.78, 5) is 19.4. The molecule has 3 heterocycles. The van der Waals surface area contributed by atoms with Crippen LogP contribution in [-0.2, 0) is 0 Å². The van der Waals surface area contributed by atoms with Crippen molar-refractivity contribution < 1.29 is 0 Å². The van der Waals surface area contributed by atoms with Gasteiger partial charge >= 0.3 is 0 Å². The molecule has 4 nitrogen and oxygen atoms in total. The lowest BCUT2D eigenvalue weighted by molar-refractivity contribution is 0.771. The predicted molar refractivity (Wildman–Crippen MR) is 60.5 cm³/mol. The van der Waals surface area contributed by atoms with Gasteiger partial charge in [-0.3, -0.25) is 4.79 Å². The number of H-pyrrole nitrogens is 1. The van der Waals surface area contributed by atoms with Crippen molar-refractivity contribution in [2.75, 3.05) is 13.1 Å². The molecule has 2 N–H and O–H groups in total. The van der Waals surface area contributed by atoms with Gasteiger partial charge in [-0.1, -0.05) is 0 Å². The van der Waals surface area contributed by atoms with E-state index in [-0.39, 0.29) is 5.56 Å². The number of aromatic amines is 1. The molecule has 5 heteroatoms.